The number of fused-ring (bicyclic) bond motifs is 1. The van der Waals surface area contributed by atoms with Gasteiger partial charge in [0.05, 0.1) is 40.9 Å². The summed E-state index contributed by atoms with van der Waals surface area (Å²) in [5, 5.41) is 11.9. The van der Waals surface area contributed by atoms with Gasteiger partial charge in [-0.15, -0.1) is 0 Å². The summed E-state index contributed by atoms with van der Waals surface area (Å²) >= 11 is 0. The Morgan fingerprint density at radius 1 is 1.03 bits per heavy atom. The van der Waals surface area contributed by atoms with Gasteiger partial charge in [-0.1, -0.05) is 24.3 Å². The molecule has 2 aromatic carbocycles. The van der Waals surface area contributed by atoms with Gasteiger partial charge >= 0.3 is 0 Å². The number of para-hydroxylation sites is 3. The Morgan fingerprint density at radius 3 is 2.61 bits per heavy atom. The maximum Gasteiger partial charge on any atom is 0.256 e. The van der Waals surface area contributed by atoms with E-state index in [4.69, 9.17) is 0 Å². The van der Waals surface area contributed by atoms with E-state index in [0.29, 0.717) is 17.8 Å². The molecular weight excluding hydrogens is 390 g/mol. The number of hydrogen-bond donors (Lipinski definition) is 1. The van der Waals surface area contributed by atoms with Crippen LogP contribution >= 0.6 is 0 Å². The van der Waals surface area contributed by atoms with Gasteiger partial charge in [0.1, 0.15) is 5.82 Å². The molecule has 31 heavy (non-hydrogen) atoms. The molecule has 0 unspecified atom stereocenters. The lowest BCUT2D eigenvalue weighted by Crippen LogP contribution is -2.52. The quantitative estimate of drug-likeness (QED) is 0.552. The van der Waals surface area contributed by atoms with Crippen LogP contribution in [0, 0.1) is 0 Å². The molecular formula is C23H23N7O. The zero-order valence-electron chi connectivity index (χ0n) is 17.2. The van der Waals surface area contributed by atoms with Gasteiger partial charge in [-0.25, -0.2) is 4.98 Å². The lowest BCUT2D eigenvalue weighted by atomic mass is 9.96. The molecule has 1 saturated heterocycles. The van der Waals surface area contributed by atoms with Gasteiger partial charge in [0.25, 0.3) is 5.91 Å². The van der Waals surface area contributed by atoms with E-state index in [-0.39, 0.29) is 18.0 Å². The minimum atomic E-state index is -0.0171. The minimum absolute atomic E-state index is 0.00634. The summed E-state index contributed by atoms with van der Waals surface area (Å²) in [6.45, 7) is 2.79. The van der Waals surface area contributed by atoms with Gasteiger partial charge in [0, 0.05) is 18.6 Å². The van der Waals surface area contributed by atoms with E-state index in [1.54, 1.807) is 18.6 Å². The predicted octanol–water partition coefficient (Wildman–Crippen LogP) is 3.32. The maximum absolute atomic E-state index is 13.5. The molecule has 1 amide bonds. The number of piperidine rings is 1. The fraction of sp³-hybridized carbons (Fsp3) is 0.261. The molecule has 0 bridgehead atoms. The lowest BCUT2D eigenvalue weighted by Gasteiger charge is -2.40. The minimum Gasteiger partial charge on any atom is -0.364 e. The SMILES string of the molecule is C[C@H]1[C@@H](Nc2cnc3ccccc3n2)CCCN1C(=O)c1ccccc1-n1nccn1. The first kappa shape index (κ1) is 19.2. The smallest absolute Gasteiger partial charge is 0.256 e. The zero-order chi connectivity index (χ0) is 21.2. The first-order valence-electron chi connectivity index (χ1n) is 10.5. The second kappa shape index (κ2) is 8.14. The Balaban J connectivity index is 1.38. The number of likely N-dealkylation sites (tertiary alicyclic amines) is 1. The second-order valence-corrected chi connectivity index (χ2v) is 7.71. The predicted molar refractivity (Wildman–Crippen MR) is 118 cm³/mol. The molecule has 2 aromatic heterocycles. The summed E-state index contributed by atoms with van der Waals surface area (Å²) in [6, 6.07) is 15.3. The molecule has 156 valence electrons. The number of amides is 1. The zero-order valence-corrected chi connectivity index (χ0v) is 17.2. The maximum atomic E-state index is 13.5. The van der Waals surface area contributed by atoms with Crippen molar-refractivity contribution >= 4 is 22.8 Å². The summed E-state index contributed by atoms with van der Waals surface area (Å²) in [6.07, 6.45) is 6.85. The number of nitrogens with one attached hydrogen (secondary N) is 1. The topological polar surface area (TPSA) is 88.8 Å². The van der Waals surface area contributed by atoms with Crippen LogP contribution in [0.1, 0.15) is 30.1 Å². The highest BCUT2D eigenvalue weighted by Crippen LogP contribution is 2.25. The van der Waals surface area contributed by atoms with Crippen molar-refractivity contribution in [3.05, 3.63) is 72.7 Å². The van der Waals surface area contributed by atoms with Crippen molar-refractivity contribution in [1.82, 2.24) is 29.9 Å². The Bertz CT molecular complexity index is 1210. The van der Waals surface area contributed by atoms with Crippen LogP contribution < -0.4 is 5.32 Å². The third-order valence-electron chi connectivity index (χ3n) is 5.80. The van der Waals surface area contributed by atoms with Gasteiger partial charge in [-0.3, -0.25) is 9.78 Å². The van der Waals surface area contributed by atoms with Crippen LogP contribution in [0.2, 0.25) is 0 Å². The number of anilines is 1. The van der Waals surface area contributed by atoms with E-state index in [9.17, 15) is 4.79 Å². The Morgan fingerprint density at radius 2 is 1.77 bits per heavy atom. The first-order chi connectivity index (χ1) is 15.2. The van der Waals surface area contributed by atoms with Gasteiger partial charge in [-0.05, 0) is 44.0 Å². The normalized spacial score (nSPS) is 18.8. The van der Waals surface area contributed by atoms with Crippen molar-refractivity contribution in [3.63, 3.8) is 0 Å². The molecule has 0 saturated carbocycles. The summed E-state index contributed by atoms with van der Waals surface area (Å²) in [5.74, 6) is 0.711. The van der Waals surface area contributed by atoms with Crippen molar-refractivity contribution in [3.8, 4) is 5.69 Å². The van der Waals surface area contributed by atoms with Crippen LogP contribution in [0.25, 0.3) is 16.7 Å². The molecule has 2 atom stereocenters. The van der Waals surface area contributed by atoms with Gasteiger partial charge in [-0.2, -0.15) is 15.0 Å². The van der Waals surface area contributed by atoms with Crippen molar-refractivity contribution in [1.29, 1.82) is 0 Å². The van der Waals surface area contributed by atoms with Crippen LogP contribution in [-0.4, -0.2) is 54.4 Å². The standard InChI is InChI=1S/C23H23N7O/c1-16-18(27-22-15-24-19-8-3-4-9-20(19)28-22)10-6-14-29(16)23(31)17-7-2-5-11-21(17)30-25-12-13-26-30/h2-5,7-9,11-13,15-16,18H,6,10,14H2,1H3,(H,27,28)/t16-,18-/m0/s1. The number of hydrogen-bond acceptors (Lipinski definition) is 6. The fourth-order valence-electron chi connectivity index (χ4n) is 4.16. The molecule has 4 aromatic rings. The third-order valence-corrected chi connectivity index (χ3v) is 5.80. The molecule has 1 aliphatic heterocycles. The molecule has 1 N–H and O–H groups in total. The van der Waals surface area contributed by atoms with Crippen LogP contribution in [0.4, 0.5) is 5.82 Å². The molecule has 5 rings (SSSR count). The van der Waals surface area contributed by atoms with Crippen LogP contribution in [0.3, 0.4) is 0 Å². The van der Waals surface area contributed by atoms with Gasteiger partial charge in [0.2, 0.25) is 0 Å². The molecule has 1 fully saturated rings. The number of rotatable bonds is 4. The van der Waals surface area contributed by atoms with Gasteiger partial charge < -0.3 is 10.2 Å². The van der Waals surface area contributed by atoms with Crippen molar-refractivity contribution < 1.29 is 4.79 Å². The number of aromatic nitrogens is 5. The highest BCUT2D eigenvalue weighted by atomic mass is 16.2. The summed E-state index contributed by atoms with van der Waals surface area (Å²) < 4.78 is 0. The fourth-order valence-corrected chi connectivity index (χ4v) is 4.16. The molecule has 0 spiro atoms. The average Bonchev–Trinajstić information content (AvgIpc) is 3.35. The molecule has 0 radical (unpaired) electrons. The van der Waals surface area contributed by atoms with Crippen LogP contribution in [0.5, 0.6) is 0 Å². The van der Waals surface area contributed by atoms with E-state index < -0.39 is 0 Å². The van der Waals surface area contributed by atoms with E-state index in [1.165, 1.54) is 4.80 Å². The summed E-state index contributed by atoms with van der Waals surface area (Å²) in [4.78, 5) is 26.1. The summed E-state index contributed by atoms with van der Waals surface area (Å²) in [7, 11) is 0. The van der Waals surface area contributed by atoms with Gasteiger partial charge in [0.15, 0.2) is 0 Å². The van der Waals surface area contributed by atoms with Crippen molar-refractivity contribution in [2.45, 2.75) is 31.8 Å². The molecule has 1 aliphatic rings. The molecule has 8 nitrogen and oxygen atoms in total. The third kappa shape index (κ3) is 3.72. The van der Waals surface area contributed by atoms with E-state index in [1.807, 2.05) is 53.4 Å². The second-order valence-electron chi connectivity index (χ2n) is 7.71. The van der Waals surface area contributed by atoms with Crippen LogP contribution in [-0.2, 0) is 0 Å². The van der Waals surface area contributed by atoms with Crippen molar-refractivity contribution in [2.75, 3.05) is 11.9 Å². The Labute approximate surface area is 179 Å². The Hall–Kier alpha value is -3.81. The largest absolute Gasteiger partial charge is 0.364 e. The highest BCUT2D eigenvalue weighted by molar-refractivity contribution is 5.98. The highest BCUT2D eigenvalue weighted by Gasteiger charge is 2.33. The average molecular weight is 413 g/mol. The number of carbonyl (C=O) groups is 1. The summed E-state index contributed by atoms with van der Waals surface area (Å²) in [5.41, 5.74) is 2.99. The van der Waals surface area contributed by atoms with Crippen molar-refractivity contribution in [2.24, 2.45) is 0 Å². The Kier molecular flexibility index (Phi) is 5.03. The monoisotopic (exact) mass is 413 g/mol. The van der Waals surface area contributed by atoms with Crippen LogP contribution in [0.15, 0.2) is 67.1 Å². The first-order valence-corrected chi connectivity index (χ1v) is 10.5. The number of benzene rings is 2. The number of nitrogens with zero attached hydrogens (tertiary/aromatic N) is 6. The van der Waals surface area contributed by atoms with E-state index >= 15 is 0 Å². The lowest BCUT2D eigenvalue weighted by molar-refractivity contribution is 0.0616. The molecule has 0 aliphatic carbocycles. The van der Waals surface area contributed by atoms with E-state index in [0.717, 1.165) is 29.7 Å². The molecule has 3 heterocycles. The number of carbonyl (C=O) groups excluding carboxylic acids is 1. The molecule has 8 heteroatoms. The van der Waals surface area contributed by atoms with E-state index in [2.05, 4.69) is 32.4 Å².